The van der Waals surface area contributed by atoms with Gasteiger partial charge in [0.25, 0.3) is 5.91 Å². The molecular weight excluding hydrogens is 238 g/mol. The smallest absolute Gasteiger partial charge is 0.274 e. The van der Waals surface area contributed by atoms with E-state index in [1.54, 1.807) is 18.3 Å². The highest BCUT2D eigenvalue weighted by Gasteiger charge is 2.36. The first-order valence-electron chi connectivity index (χ1n) is 7.29. The molecule has 0 radical (unpaired) electrons. The number of likely N-dealkylation sites (tertiary alicyclic amines) is 1. The number of hydrogen-bond acceptors (Lipinski definition) is 3. The second-order valence-corrected chi connectivity index (χ2v) is 5.69. The molecule has 1 amide bonds. The Bertz CT molecular complexity index is 472. The number of amides is 1. The number of nitrogen functional groups attached to an aromatic ring is 1. The molecule has 19 heavy (non-hydrogen) atoms. The Morgan fingerprint density at radius 2 is 2.05 bits per heavy atom. The van der Waals surface area contributed by atoms with Crippen molar-refractivity contribution in [3.8, 4) is 0 Å². The van der Waals surface area contributed by atoms with E-state index in [1.165, 1.54) is 25.7 Å². The van der Waals surface area contributed by atoms with E-state index < -0.39 is 0 Å². The third kappa shape index (κ3) is 2.31. The van der Waals surface area contributed by atoms with Gasteiger partial charge in [-0.3, -0.25) is 4.79 Å². The molecule has 4 nitrogen and oxygen atoms in total. The lowest BCUT2D eigenvalue weighted by Gasteiger charge is -2.44. The van der Waals surface area contributed by atoms with Gasteiger partial charge in [0, 0.05) is 18.8 Å². The van der Waals surface area contributed by atoms with E-state index in [0.717, 1.165) is 19.4 Å². The molecule has 102 valence electrons. The first kappa shape index (κ1) is 12.5. The van der Waals surface area contributed by atoms with E-state index >= 15 is 0 Å². The molecule has 0 spiro atoms. The van der Waals surface area contributed by atoms with Gasteiger partial charge in [0.2, 0.25) is 0 Å². The number of piperidine rings is 1. The zero-order valence-electron chi connectivity index (χ0n) is 11.2. The number of anilines is 1. The molecule has 2 aliphatic rings. The molecule has 1 aromatic rings. The summed E-state index contributed by atoms with van der Waals surface area (Å²) in [7, 11) is 0. The summed E-state index contributed by atoms with van der Waals surface area (Å²) in [5.74, 6) is 0.714. The Hall–Kier alpha value is -1.58. The molecule has 2 N–H and O–H groups in total. The van der Waals surface area contributed by atoms with Crippen LogP contribution in [-0.4, -0.2) is 28.4 Å². The molecule has 1 saturated heterocycles. The fraction of sp³-hybridized carbons (Fsp3) is 0.600. The van der Waals surface area contributed by atoms with Gasteiger partial charge in [-0.05, 0) is 43.7 Å². The molecule has 0 unspecified atom stereocenters. The summed E-state index contributed by atoms with van der Waals surface area (Å²) < 4.78 is 0. The van der Waals surface area contributed by atoms with Crippen molar-refractivity contribution in [2.24, 2.45) is 5.92 Å². The number of nitrogens with two attached hydrogens (primary N) is 1. The third-order valence-electron chi connectivity index (χ3n) is 4.55. The number of rotatable bonds is 1. The molecule has 2 atom stereocenters. The van der Waals surface area contributed by atoms with Gasteiger partial charge in [-0.2, -0.15) is 0 Å². The summed E-state index contributed by atoms with van der Waals surface area (Å²) in [5, 5.41) is 0. The third-order valence-corrected chi connectivity index (χ3v) is 4.55. The van der Waals surface area contributed by atoms with Crippen molar-refractivity contribution in [3.63, 3.8) is 0 Å². The highest BCUT2D eigenvalue weighted by atomic mass is 16.2. The van der Waals surface area contributed by atoms with Crippen molar-refractivity contribution < 1.29 is 4.79 Å². The fourth-order valence-corrected chi connectivity index (χ4v) is 3.61. The number of fused-ring (bicyclic) bond motifs is 1. The SMILES string of the molecule is Nc1cccnc1C(=O)N1CCC[C@H]2CCCC[C@H]21. The molecular formula is C15H21N3O. The number of pyridine rings is 1. The molecule has 0 bridgehead atoms. The Morgan fingerprint density at radius 3 is 2.89 bits per heavy atom. The first-order chi connectivity index (χ1) is 9.27. The van der Waals surface area contributed by atoms with Crippen LogP contribution in [0.3, 0.4) is 0 Å². The minimum Gasteiger partial charge on any atom is -0.397 e. The number of aromatic nitrogens is 1. The van der Waals surface area contributed by atoms with Crippen LogP contribution in [0.5, 0.6) is 0 Å². The van der Waals surface area contributed by atoms with Gasteiger partial charge in [0.1, 0.15) is 0 Å². The molecule has 1 aliphatic carbocycles. The topological polar surface area (TPSA) is 59.2 Å². The van der Waals surface area contributed by atoms with Crippen molar-refractivity contribution >= 4 is 11.6 Å². The average Bonchev–Trinajstić information content (AvgIpc) is 2.46. The van der Waals surface area contributed by atoms with Gasteiger partial charge in [-0.1, -0.05) is 12.8 Å². The van der Waals surface area contributed by atoms with E-state index in [9.17, 15) is 4.79 Å². The highest BCUT2D eigenvalue weighted by molar-refractivity contribution is 5.97. The lowest BCUT2D eigenvalue weighted by atomic mass is 9.78. The van der Waals surface area contributed by atoms with Crippen molar-refractivity contribution in [3.05, 3.63) is 24.0 Å². The predicted octanol–water partition coefficient (Wildman–Crippen LogP) is 2.46. The minimum atomic E-state index is 0.0229. The van der Waals surface area contributed by atoms with Gasteiger partial charge in [-0.15, -0.1) is 0 Å². The van der Waals surface area contributed by atoms with Crippen LogP contribution in [0.15, 0.2) is 18.3 Å². The number of carbonyl (C=O) groups is 1. The zero-order chi connectivity index (χ0) is 13.2. The fourth-order valence-electron chi connectivity index (χ4n) is 3.61. The van der Waals surface area contributed by atoms with E-state index in [-0.39, 0.29) is 5.91 Å². The van der Waals surface area contributed by atoms with E-state index in [2.05, 4.69) is 4.98 Å². The van der Waals surface area contributed by atoms with Crippen LogP contribution in [-0.2, 0) is 0 Å². The number of nitrogens with zero attached hydrogens (tertiary/aromatic N) is 2. The Labute approximate surface area is 114 Å². The van der Waals surface area contributed by atoms with Gasteiger partial charge < -0.3 is 10.6 Å². The van der Waals surface area contributed by atoms with Crippen molar-refractivity contribution in [1.82, 2.24) is 9.88 Å². The van der Waals surface area contributed by atoms with Gasteiger partial charge in [0.15, 0.2) is 5.69 Å². The standard InChI is InChI=1S/C15H21N3O/c16-12-7-3-9-17-14(12)15(19)18-10-4-6-11-5-1-2-8-13(11)18/h3,7,9,11,13H,1-2,4-6,8,10,16H2/t11-,13-/m1/s1. The van der Waals surface area contributed by atoms with Gasteiger partial charge in [0.05, 0.1) is 5.69 Å². The number of hydrogen-bond donors (Lipinski definition) is 1. The Morgan fingerprint density at radius 1 is 1.26 bits per heavy atom. The lowest BCUT2D eigenvalue weighted by Crippen LogP contribution is -2.50. The maximum Gasteiger partial charge on any atom is 0.274 e. The zero-order valence-corrected chi connectivity index (χ0v) is 11.2. The Balaban J connectivity index is 1.84. The highest BCUT2D eigenvalue weighted by Crippen LogP contribution is 2.36. The second-order valence-electron chi connectivity index (χ2n) is 5.69. The van der Waals surface area contributed by atoms with Crippen molar-refractivity contribution in [2.45, 2.75) is 44.6 Å². The summed E-state index contributed by atoms with van der Waals surface area (Å²) in [6.07, 6.45) is 8.99. The van der Waals surface area contributed by atoms with Crippen LogP contribution in [0.1, 0.15) is 49.0 Å². The molecule has 2 fully saturated rings. The maximum absolute atomic E-state index is 12.7. The predicted molar refractivity (Wildman–Crippen MR) is 74.7 cm³/mol. The summed E-state index contributed by atoms with van der Waals surface area (Å²) in [5.41, 5.74) is 6.80. The van der Waals surface area contributed by atoms with Crippen LogP contribution in [0.25, 0.3) is 0 Å². The first-order valence-corrected chi connectivity index (χ1v) is 7.29. The van der Waals surface area contributed by atoms with Gasteiger partial charge >= 0.3 is 0 Å². The van der Waals surface area contributed by atoms with Crippen LogP contribution >= 0.6 is 0 Å². The van der Waals surface area contributed by atoms with Crippen LogP contribution in [0, 0.1) is 5.92 Å². The largest absolute Gasteiger partial charge is 0.397 e. The van der Waals surface area contributed by atoms with Crippen LogP contribution in [0.4, 0.5) is 5.69 Å². The van der Waals surface area contributed by atoms with Crippen molar-refractivity contribution in [1.29, 1.82) is 0 Å². The summed E-state index contributed by atoms with van der Waals surface area (Å²) >= 11 is 0. The minimum absolute atomic E-state index is 0.0229. The average molecular weight is 259 g/mol. The molecule has 1 aromatic heterocycles. The van der Waals surface area contributed by atoms with Crippen LogP contribution < -0.4 is 5.73 Å². The molecule has 1 saturated carbocycles. The maximum atomic E-state index is 12.7. The lowest BCUT2D eigenvalue weighted by molar-refractivity contribution is 0.0386. The second kappa shape index (κ2) is 5.19. The van der Waals surface area contributed by atoms with Crippen molar-refractivity contribution in [2.75, 3.05) is 12.3 Å². The summed E-state index contributed by atoms with van der Waals surface area (Å²) in [6.45, 7) is 0.857. The molecule has 4 heteroatoms. The molecule has 3 rings (SSSR count). The van der Waals surface area contributed by atoms with Crippen LogP contribution in [0.2, 0.25) is 0 Å². The molecule has 0 aromatic carbocycles. The summed E-state index contributed by atoms with van der Waals surface area (Å²) in [6, 6.07) is 3.94. The monoisotopic (exact) mass is 259 g/mol. The number of carbonyl (C=O) groups excluding carboxylic acids is 1. The molecule has 1 aliphatic heterocycles. The van der Waals surface area contributed by atoms with E-state index in [4.69, 9.17) is 5.73 Å². The van der Waals surface area contributed by atoms with Gasteiger partial charge in [-0.25, -0.2) is 4.98 Å². The normalized spacial score (nSPS) is 26.8. The Kier molecular flexibility index (Phi) is 3.40. The van der Waals surface area contributed by atoms with E-state index in [1.807, 2.05) is 4.90 Å². The van der Waals surface area contributed by atoms with E-state index in [0.29, 0.717) is 23.3 Å². The molecule has 2 heterocycles. The quantitative estimate of drug-likeness (QED) is 0.842. The summed E-state index contributed by atoms with van der Waals surface area (Å²) in [4.78, 5) is 18.9.